The van der Waals surface area contributed by atoms with Crippen molar-refractivity contribution in [2.24, 2.45) is 0 Å². The summed E-state index contributed by atoms with van der Waals surface area (Å²) in [6.45, 7) is 0.333. The van der Waals surface area contributed by atoms with E-state index in [1.165, 1.54) is 0 Å². The molecule has 0 saturated carbocycles. The highest BCUT2D eigenvalue weighted by Gasteiger charge is 2.06. The zero-order valence-corrected chi connectivity index (χ0v) is 16.8. The number of likely N-dealkylation sites (N-methyl/N-ethyl adjacent to an activating group) is 1. The highest BCUT2D eigenvalue weighted by atomic mass is 35.5. The van der Waals surface area contributed by atoms with E-state index in [1.807, 2.05) is 0 Å². The van der Waals surface area contributed by atoms with E-state index in [0.29, 0.717) is 22.3 Å². The Labute approximate surface area is 169 Å². The summed E-state index contributed by atoms with van der Waals surface area (Å²) in [6, 6.07) is 6.40. The third kappa shape index (κ3) is 6.91. The molecule has 1 aromatic carbocycles. The molecule has 0 fully saturated rings. The average Bonchev–Trinajstić information content (AvgIpc) is 2.64. The number of aromatic nitrogens is 2. The lowest BCUT2D eigenvalue weighted by Crippen LogP contribution is -2.34. The molecule has 28 heavy (non-hydrogen) atoms. The van der Waals surface area contributed by atoms with Crippen LogP contribution in [-0.2, 0) is 13.1 Å². The van der Waals surface area contributed by atoms with Gasteiger partial charge < -0.3 is 18.7 Å². The molecule has 11 heteroatoms. The van der Waals surface area contributed by atoms with Gasteiger partial charge in [0.25, 0.3) is 0 Å². The topological polar surface area (TPSA) is 99.8 Å². The lowest BCUT2D eigenvalue weighted by Gasteiger charge is -2.10. The SMILES string of the molecule is CN(C)CCn1oc(=O)ccc(=O)on(CCOc2cc(Cl)cc(Cl)c2)c1=O. The summed E-state index contributed by atoms with van der Waals surface area (Å²) in [4.78, 5) is 37.9. The number of nitrogens with zero attached hydrogens (tertiary/aromatic N) is 3. The maximum atomic E-state index is 12.7. The van der Waals surface area contributed by atoms with Crippen molar-refractivity contribution in [2.75, 3.05) is 27.2 Å². The van der Waals surface area contributed by atoms with Crippen LogP contribution < -0.4 is 21.7 Å². The van der Waals surface area contributed by atoms with E-state index in [4.69, 9.17) is 37.0 Å². The Hall–Kier alpha value is -2.49. The van der Waals surface area contributed by atoms with Crippen LogP contribution in [0.2, 0.25) is 10.0 Å². The summed E-state index contributed by atoms with van der Waals surface area (Å²) in [6.07, 6.45) is 0. The van der Waals surface area contributed by atoms with E-state index in [1.54, 1.807) is 37.2 Å². The normalized spacial score (nSPS) is 10.8. The lowest BCUT2D eigenvalue weighted by molar-refractivity contribution is 0.143. The van der Waals surface area contributed by atoms with Crippen molar-refractivity contribution in [3.8, 4) is 5.75 Å². The number of halogens is 2. The van der Waals surface area contributed by atoms with Crippen LogP contribution in [0.3, 0.4) is 0 Å². The number of hydrogen-bond donors (Lipinski definition) is 0. The quantitative estimate of drug-likeness (QED) is 0.656. The van der Waals surface area contributed by atoms with Crippen molar-refractivity contribution in [2.45, 2.75) is 13.1 Å². The number of rotatable bonds is 7. The lowest BCUT2D eigenvalue weighted by atomic mass is 10.3. The predicted molar refractivity (Wildman–Crippen MR) is 104 cm³/mol. The second-order valence-electron chi connectivity index (χ2n) is 5.90. The van der Waals surface area contributed by atoms with Crippen LogP contribution in [0.15, 0.2) is 53.8 Å². The molecule has 0 aliphatic rings. The zero-order chi connectivity index (χ0) is 20.7. The van der Waals surface area contributed by atoms with Gasteiger partial charge in [-0.15, -0.1) is 9.48 Å². The summed E-state index contributed by atoms with van der Waals surface area (Å²) < 4.78 is 17.1. The number of hydrogen-bond acceptors (Lipinski definition) is 7. The molecule has 1 aromatic heterocycles. The van der Waals surface area contributed by atoms with Gasteiger partial charge in [-0.25, -0.2) is 14.4 Å². The van der Waals surface area contributed by atoms with Crippen LogP contribution >= 0.6 is 23.2 Å². The Morgan fingerprint density at radius 2 is 1.46 bits per heavy atom. The first-order chi connectivity index (χ1) is 13.2. The first-order valence-electron chi connectivity index (χ1n) is 8.19. The first-order valence-corrected chi connectivity index (χ1v) is 8.95. The standard InChI is InChI=1S/C17H19Cl2N3O6/c1-20(2)5-6-21-17(25)22(28-16(24)4-3-15(23)27-21)7-8-26-14-10-12(18)9-13(19)11-14/h3-4,9-11H,5-8H2,1-2H3. The van der Waals surface area contributed by atoms with Crippen molar-refractivity contribution in [3.63, 3.8) is 0 Å². The van der Waals surface area contributed by atoms with Crippen LogP contribution in [-0.4, -0.2) is 41.6 Å². The van der Waals surface area contributed by atoms with E-state index in [2.05, 4.69) is 0 Å². The van der Waals surface area contributed by atoms with Gasteiger partial charge in [-0.1, -0.05) is 23.2 Å². The molecule has 1 heterocycles. The van der Waals surface area contributed by atoms with Crippen LogP contribution in [0, 0.1) is 0 Å². The third-order valence-electron chi connectivity index (χ3n) is 3.33. The molecule has 0 aliphatic carbocycles. The zero-order valence-electron chi connectivity index (χ0n) is 15.3. The maximum Gasteiger partial charge on any atom is 0.386 e. The molecule has 0 bridgehead atoms. The minimum atomic E-state index is -0.898. The summed E-state index contributed by atoms with van der Waals surface area (Å²) >= 11 is 11.8. The number of ether oxygens (including phenoxy) is 1. The minimum Gasteiger partial charge on any atom is -0.491 e. The van der Waals surface area contributed by atoms with E-state index >= 15 is 0 Å². The van der Waals surface area contributed by atoms with Crippen LogP contribution in [0.4, 0.5) is 0 Å². The fraction of sp³-hybridized carbons (Fsp3) is 0.353. The highest BCUT2D eigenvalue weighted by molar-refractivity contribution is 6.34. The molecule has 2 rings (SSSR count). The molecule has 0 amide bonds. The Morgan fingerprint density at radius 3 is 2.00 bits per heavy atom. The molecule has 0 radical (unpaired) electrons. The summed E-state index contributed by atoms with van der Waals surface area (Å²) in [7, 11) is 3.59. The molecule has 0 aliphatic heterocycles. The Bertz CT molecular complexity index is 1020. The average molecular weight is 432 g/mol. The smallest absolute Gasteiger partial charge is 0.386 e. The van der Waals surface area contributed by atoms with Crippen molar-refractivity contribution in [1.29, 1.82) is 0 Å². The van der Waals surface area contributed by atoms with Crippen LogP contribution in [0.1, 0.15) is 0 Å². The molecule has 9 nitrogen and oxygen atoms in total. The van der Waals surface area contributed by atoms with Gasteiger partial charge in [-0.3, -0.25) is 0 Å². The van der Waals surface area contributed by atoms with Gasteiger partial charge in [0.1, 0.15) is 12.4 Å². The van der Waals surface area contributed by atoms with Crippen molar-refractivity contribution in [1.82, 2.24) is 14.4 Å². The van der Waals surface area contributed by atoms with Crippen LogP contribution in [0.5, 0.6) is 5.75 Å². The van der Waals surface area contributed by atoms with Crippen LogP contribution in [0.25, 0.3) is 0 Å². The van der Waals surface area contributed by atoms with Crippen molar-refractivity contribution in [3.05, 3.63) is 71.7 Å². The fourth-order valence-corrected chi connectivity index (χ4v) is 2.55. The summed E-state index contributed by atoms with van der Waals surface area (Å²) in [5, 5.41) is 0.777. The molecular weight excluding hydrogens is 413 g/mol. The molecule has 0 atom stereocenters. The summed E-state index contributed by atoms with van der Waals surface area (Å²) in [5.41, 5.74) is -2.58. The van der Waals surface area contributed by atoms with Gasteiger partial charge in [0, 0.05) is 28.7 Å². The Balaban J connectivity index is 2.34. The Kier molecular flexibility index (Phi) is 7.91. The van der Waals surface area contributed by atoms with Gasteiger partial charge in [-0.05, 0) is 32.3 Å². The minimum absolute atomic E-state index is 0.0329. The van der Waals surface area contributed by atoms with Gasteiger partial charge >= 0.3 is 16.9 Å². The molecule has 152 valence electrons. The third-order valence-corrected chi connectivity index (χ3v) is 3.77. The van der Waals surface area contributed by atoms with Gasteiger partial charge in [0.15, 0.2) is 0 Å². The molecule has 0 spiro atoms. The first kappa shape index (κ1) is 21.8. The van der Waals surface area contributed by atoms with E-state index in [-0.39, 0.29) is 19.7 Å². The second kappa shape index (κ2) is 10.2. The van der Waals surface area contributed by atoms with E-state index < -0.39 is 16.9 Å². The summed E-state index contributed by atoms with van der Waals surface area (Å²) in [5.74, 6) is 0.385. The van der Waals surface area contributed by atoms with Gasteiger partial charge in [0.2, 0.25) is 0 Å². The molecule has 0 saturated heterocycles. The van der Waals surface area contributed by atoms with E-state index in [9.17, 15) is 14.4 Å². The fourth-order valence-electron chi connectivity index (χ4n) is 2.05. The van der Waals surface area contributed by atoms with Crippen molar-refractivity contribution < 1.29 is 13.8 Å². The van der Waals surface area contributed by atoms with E-state index in [0.717, 1.165) is 21.6 Å². The highest BCUT2D eigenvalue weighted by Crippen LogP contribution is 2.24. The predicted octanol–water partition coefficient (Wildman–Crippen LogP) is 1.63. The molecular formula is C17H19Cl2N3O6. The van der Waals surface area contributed by atoms with Gasteiger partial charge in [-0.2, -0.15) is 0 Å². The molecule has 0 N–H and O–H groups in total. The molecule has 0 unspecified atom stereocenters. The Morgan fingerprint density at radius 1 is 0.929 bits per heavy atom. The number of benzene rings is 1. The second-order valence-corrected chi connectivity index (χ2v) is 6.77. The largest absolute Gasteiger partial charge is 0.491 e. The molecule has 2 aromatic rings. The maximum absolute atomic E-state index is 12.7. The van der Waals surface area contributed by atoms with Gasteiger partial charge in [0.05, 0.1) is 13.1 Å². The van der Waals surface area contributed by atoms with Crippen molar-refractivity contribution >= 4 is 23.2 Å². The monoisotopic (exact) mass is 431 g/mol.